The van der Waals surface area contributed by atoms with E-state index in [-0.39, 0.29) is 0 Å². The van der Waals surface area contributed by atoms with Crippen LogP contribution in [-0.2, 0) is 0 Å². The molecule has 0 aliphatic heterocycles. The first-order valence-electron chi connectivity index (χ1n) is 6.81. The fourth-order valence-corrected chi connectivity index (χ4v) is 3.86. The number of rotatable bonds is 2. The van der Waals surface area contributed by atoms with Gasteiger partial charge in [-0.25, -0.2) is 4.98 Å². The molecule has 1 fully saturated rings. The SMILES string of the molecule is c1ccc2sc(-c3n[nH]c(C4CCCC4)n3)cc2c1. The number of hydrogen-bond donors (Lipinski definition) is 1. The number of nitrogens with one attached hydrogen (secondary N) is 1. The molecular formula is C15H15N3S. The van der Waals surface area contributed by atoms with Gasteiger partial charge in [-0.3, -0.25) is 5.10 Å². The Morgan fingerprint density at radius 3 is 2.84 bits per heavy atom. The molecule has 0 bridgehead atoms. The Balaban J connectivity index is 1.71. The Morgan fingerprint density at radius 2 is 2.00 bits per heavy atom. The molecule has 0 spiro atoms. The summed E-state index contributed by atoms with van der Waals surface area (Å²) in [6, 6.07) is 10.6. The third kappa shape index (κ3) is 1.96. The van der Waals surface area contributed by atoms with E-state index in [0.29, 0.717) is 5.92 Å². The standard InChI is InChI=1S/C15H15N3S/c1-2-6-10(5-1)14-16-15(18-17-14)13-9-11-7-3-4-8-12(11)19-13/h3-4,7-10H,1-2,5-6H2,(H,16,17,18). The van der Waals surface area contributed by atoms with Crippen LogP contribution in [0.4, 0.5) is 0 Å². The van der Waals surface area contributed by atoms with Crippen molar-refractivity contribution in [3.8, 4) is 10.7 Å². The van der Waals surface area contributed by atoms with Crippen molar-refractivity contribution in [1.29, 1.82) is 0 Å². The van der Waals surface area contributed by atoms with Gasteiger partial charge in [0.25, 0.3) is 0 Å². The van der Waals surface area contributed by atoms with E-state index in [0.717, 1.165) is 16.5 Å². The Kier molecular flexibility index (Phi) is 2.62. The third-order valence-electron chi connectivity index (χ3n) is 3.89. The van der Waals surface area contributed by atoms with E-state index in [1.807, 2.05) is 0 Å². The van der Waals surface area contributed by atoms with E-state index in [9.17, 15) is 0 Å². The maximum absolute atomic E-state index is 4.70. The minimum absolute atomic E-state index is 0.593. The van der Waals surface area contributed by atoms with Gasteiger partial charge in [-0.15, -0.1) is 11.3 Å². The van der Waals surface area contributed by atoms with Crippen molar-refractivity contribution in [1.82, 2.24) is 15.2 Å². The molecule has 1 N–H and O–H groups in total. The summed E-state index contributed by atoms with van der Waals surface area (Å²) in [6.07, 6.45) is 5.15. The van der Waals surface area contributed by atoms with Crippen LogP contribution in [0.25, 0.3) is 20.8 Å². The molecular weight excluding hydrogens is 254 g/mol. The Hall–Kier alpha value is -1.68. The van der Waals surface area contributed by atoms with E-state index in [4.69, 9.17) is 4.98 Å². The van der Waals surface area contributed by atoms with E-state index in [1.165, 1.54) is 35.8 Å². The lowest BCUT2D eigenvalue weighted by Gasteiger charge is -2.01. The van der Waals surface area contributed by atoms with Gasteiger partial charge in [0.05, 0.1) is 4.88 Å². The zero-order chi connectivity index (χ0) is 12.7. The molecule has 0 unspecified atom stereocenters. The molecule has 1 saturated carbocycles. The van der Waals surface area contributed by atoms with Crippen LogP contribution in [0.5, 0.6) is 0 Å². The van der Waals surface area contributed by atoms with Crippen LogP contribution in [0, 0.1) is 0 Å². The summed E-state index contributed by atoms with van der Waals surface area (Å²) in [4.78, 5) is 5.86. The fraction of sp³-hybridized carbons (Fsp3) is 0.333. The second-order valence-electron chi connectivity index (χ2n) is 5.17. The molecule has 96 valence electrons. The second kappa shape index (κ2) is 4.46. The summed E-state index contributed by atoms with van der Waals surface area (Å²) in [5, 5.41) is 8.81. The maximum atomic E-state index is 4.70. The average Bonchev–Trinajstić information content (AvgIpc) is 3.17. The Labute approximate surface area is 115 Å². The minimum atomic E-state index is 0.593. The molecule has 0 radical (unpaired) electrons. The quantitative estimate of drug-likeness (QED) is 0.751. The predicted molar refractivity (Wildman–Crippen MR) is 78.4 cm³/mol. The molecule has 4 rings (SSSR count). The summed E-state index contributed by atoms with van der Waals surface area (Å²) < 4.78 is 1.30. The number of benzene rings is 1. The highest BCUT2D eigenvalue weighted by molar-refractivity contribution is 7.22. The van der Waals surface area contributed by atoms with Gasteiger partial charge >= 0.3 is 0 Å². The zero-order valence-corrected chi connectivity index (χ0v) is 11.4. The summed E-state index contributed by atoms with van der Waals surface area (Å²) in [6.45, 7) is 0. The molecule has 1 aliphatic carbocycles. The van der Waals surface area contributed by atoms with Gasteiger partial charge in [-0.2, -0.15) is 5.10 Å². The molecule has 2 heterocycles. The number of thiophene rings is 1. The van der Waals surface area contributed by atoms with Gasteiger partial charge in [-0.1, -0.05) is 31.0 Å². The van der Waals surface area contributed by atoms with Gasteiger partial charge in [0.2, 0.25) is 0 Å². The largest absolute Gasteiger partial charge is 0.262 e. The van der Waals surface area contributed by atoms with Crippen LogP contribution in [-0.4, -0.2) is 15.2 Å². The van der Waals surface area contributed by atoms with Crippen molar-refractivity contribution in [3.63, 3.8) is 0 Å². The van der Waals surface area contributed by atoms with Crippen molar-refractivity contribution >= 4 is 21.4 Å². The van der Waals surface area contributed by atoms with Crippen molar-refractivity contribution in [2.24, 2.45) is 0 Å². The van der Waals surface area contributed by atoms with Gasteiger partial charge < -0.3 is 0 Å². The Morgan fingerprint density at radius 1 is 1.16 bits per heavy atom. The number of aromatic nitrogens is 3. The van der Waals surface area contributed by atoms with Crippen molar-refractivity contribution < 1.29 is 0 Å². The van der Waals surface area contributed by atoms with Gasteiger partial charge in [0.15, 0.2) is 5.82 Å². The maximum Gasteiger partial charge on any atom is 0.191 e. The molecule has 0 atom stereocenters. The molecule has 19 heavy (non-hydrogen) atoms. The molecule has 3 nitrogen and oxygen atoms in total. The fourth-order valence-electron chi connectivity index (χ4n) is 2.86. The van der Waals surface area contributed by atoms with E-state index in [2.05, 4.69) is 40.5 Å². The van der Waals surface area contributed by atoms with E-state index in [1.54, 1.807) is 11.3 Å². The summed E-state index contributed by atoms with van der Waals surface area (Å²) in [5.74, 6) is 2.52. The van der Waals surface area contributed by atoms with Crippen LogP contribution in [0.15, 0.2) is 30.3 Å². The number of H-pyrrole nitrogens is 1. The molecule has 1 aromatic carbocycles. The highest BCUT2D eigenvalue weighted by Crippen LogP contribution is 2.35. The van der Waals surface area contributed by atoms with Crippen molar-refractivity contribution in [2.75, 3.05) is 0 Å². The first-order chi connectivity index (χ1) is 9.40. The lowest BCUT2D eigenvalue weighted by atomic mass is 10.1. The highest BCUT2D eigenvalue weighted by atomic mass is 32.1. The smallest absolute Gasteiger partial charge is 0.191 e. The lowest BCUT2D eigenvalue weighted by Crippen LogP contribution is -1.94. The summed E-state index contributed by atoms with van der Waals surface area (Å²) >= 11 is 1.76. The van der Waals surface area contributed by atoms with Crippen molar-refractivity contribution in [3.05, 3.63) is 36.2 Å². The van der Waals surface area contributed by atoms with Crippen LogP contribution in [0.3, 0.4) is 0 Å². The summed E-state index contributed by atoms with van der Waals surface area (Å²) in [5.41, 5.74) is 0. The molecule has 0 amide bonds. The van der Waals surface area contributed by atoms with Gasteiger partial charge in [-0.05, 0) is 30.4 Å². The minimum Gasteiger partial charge on any atom is -0.262 e. The van der Waals surface area contributed by atoms with Crippen molar-refractivity contribution in [2.45, 2.75) is 31.6 Å². The number of fused-ring (bicyclic) bond motifs is 1. The molecule has 4 heteroatoms. The number of nitrogens with zero attached hydrogens (tertiary/aromatic N) is 2. The second-order valence-corrected chi connectivity index (χ2v) is 6.26. The predicted octanol–water partition coefficient (Wildman–Crippen LogP) is 4.34. The first kappa shape index (κ1) is 11.2. The lowest BCUT2D eigenvalue weighted by molar-refractivity contribution is 0.672. The zero-order valence-electron chi connectivity index (χ0n) is 10.6. The molecule has 1 aliphatic rings. The molecule has 3 aromatic rings. The van der Waals surface area contributed by atoms with E-state index >= 15 is 0 Å². The van der Waals surface area contributed by atoms with Gasteiger partial charge in [0.1, 0.15) is 5.82 Å². The monoisotopic (exact) mass is 269 g/mol. The van der Waals surface area contributed by atoms with E-state index < -0.39 is 0 Å². The third-order valence-corrected chi connectivity index (χ3v) is 5.00. The first-order valence-corrected chi connectivity index (χ1v) is 7.63. The molecule has 2 aromatic heterocycles. The normalized spacial score (nSPS) is 16.4. The topological polar surface area (TPSA) is 41.6 Å². The van der Waals surface area contributed by atoms with Crippen LogP contribution < -0.4 is 0 Å². The number of aromatic amines is 1. The highest BCUT2D eigenvalue weighted by Gasteiger charge is 2.21. The average molecular weight is 269 g/mol. The summed E-state index contributed by atoms with van der Waals surface area (Å²) in [7, 11) is 0. The Bertz CT molecular complexity index is 674. The van der Waals surface area contributed by atoms with Gasteiger partial charge in [0, 0.05) is 10.6 Å². The van der Waals surface area contributed by atoms with Crippen LogP contribution in [0.1, 0.15) is 37.4 Å². The number of hydrogen-bond acceptors (Lipinski definition) is 3. The van der Waals surface area contributed by atoms with Crippen LogP contribution >= 0.6 is 11.3 Å². The van der Waals surface area contributed by atoms with Crippen LogP contribution in [0.2, 0.25) is 0 Å². The molecule has 0 saturated heterocycles.